The van der Waals surface area contributed by atoms with E-state index in [1.807, 2.05) is 19.9 Å². The fraction of sp³-hybridized carbons (Fsp3) is 0.150. The molecule has 1 aromatic heterocycles. The highest BCUT2D eigenvalue weighted by Gasteiger charge is 2.13. The molecule has 0 aliphatic rings. The minimum atomic E-state index is -0.403. The van der Waals surface area contributed by atoms with Crippen LogP contribution in [-0.2, 0) is 6.54 Å². The van der Waals surface area contributed by atoms with E-state index in [4.69, 9.17) is 11.6 Å². The van der Waals surface area contributed by atoms with Gasteiger partial charge in [-0.3, -0.25) is 4.79 Å². The summed E-state index contributed by atoms with van der Waals surface area (Å²) in [6, 6.07) is 11.6. The molecule has 0 aliphatic heterocycles. The van der Waals surface area contributed by atoms with Gasteiger partial charge < -0.3 is 10.6 Å². The Balaban J connectivity index is 1.73. The minimum absolute atomic E-state index is 0.178. The number of amides is 1. The van der Waals surface area contributed by atoms with Crippen LogP contribution in [0, 0.1) is 19.7 Å². The third kappa shape index (κ3) is 4.60. The van der Waals surface area contributed by atoms with Crippen LogP contribution in [0.4, 0.5) is 16.0 Å². The van der Waals surface area contributed by atoms with Crippen LogP contribution < -0.4 is 10.6 Å². The first-order valence-corrected chi connectivity index (χ1v) is 8.70. The van der Waals surface area contributed by atoms with Crippen molar-refractivity contribution in [3.05, 3.63) is 81.9 Å². The summed E-state index contributed by atoms with van der Waals surface area (Å²) in [6.07, 6.45) is 1.47. The summed E-state index contributed by atoms with van der Waals surface area (Å²) in [7, 11) is 0. The van der Waals surface area contributed by atoms with E-state index in [1.54, 1.807) is 24.3 Å². The van der Waals surface area contributed by atoms with Crippen molar-refractivity contribution in [3.63, 3.8) is 0 Å². The zero-order valence-corrected chi connectivity index (χ0v) is 15.6. The lowest BCUT2D eigenvalue weighted by molar-refractivity contribution is 0.102. The maximum Gasteiger partial charge on any atom is 0.274 e. The van der Waals surface area contributed by atoms with Gasteiger partial charge in [0.1, 0.15) is 11.5 Å². The summed E-state index contributed by atoms with van der Waals surface area (Å²) >= 11 is 6.23. The van der Waals surface area contributed by atoms with Gasteiger partial charge in [-0.25, -0.2) is 14.4 Å². The molecule has 0 unspecified atom stereocenters. The van der Waals surface area contributed by atoms with Crippen molar-refractivity contribution < 1.29 is 9.18 Å². The topological polar surface area (TPSA) is 66.9 Å². The largest absolute Gasteiger partial charge is 0.350 e. The predicted octanol–water partition coefficient (Wildman–Crippen LogP) is 4.75. The summed E-state index contributed by atoms with van der Waals surface area (Å²) in [5.41, 5.74) is 3.08. The molecule has 3 aromatic rings. The second-order valence-corrected chi connectivity index (χ2v) is 6.51. The number of benzene rings is 2. The second kappa shape index (κ2) is 8.14. The van der Waals surface area contributed by atoms with Gasteiger partial charge in [-0.2, -0.15) is 0 Å². The maximum atomic E-state index is 13.7. The molecule has 0 aliphatic carbocycles. The molecule has 0 bridgehead atoms. The molecule has 0 saturated heterocycles. The Bertz CT molecular complexity index is 970. The first-order chi connectivity index (χ1) is 12.9. The number of rotatable bonds is 5. The van der Waals surface area contributed by atoms with Crippen LogP contribution in [0.5, 0.6) is 0 Å². The Hall–Kier alpha value is -2.99. The van der Waals surface area contributed by atoms with Crippen molar-refractivity contribution in [2.45, 2.75) is 20.4 Å². The SMILES string of the molecule is Cc1cc(C)c(NC(=O)c2ccnc(NCc3ccccc3F)n2)c(Cl)c1. The third-order valence-electron chi connectivity index (χ3n) is 3.95. The Labute approximate surface area is 161 Å². The second-order valence-electron chi connectivity index (χ2n) is 6.10. The molecule has 27 heavy (non-hydrogen) atoms. The molecule has 138 valence electrons. The van der Waals surface area contributed by atoms with Gasteiger partial charge >= 0.3 is 0 Å². The van der Waals surface area contributed by atoms with E-state index in [1.165, 1.54) is 18.3 Å². The van der Waals surface area contributed by atoms with E-state index in [0.717, 1.165) is 11.1 Å². The van der Waals surface area contributed by atoms with E-state index in [0.29, 0.717) is 16.3 Å². The molecule has 0 atom stereocenters. The Morgan fingerprint density at radius 2 is 1.96 bits per heavy atom. The number of carbonyl (C=O) groups is 1. The monoisotopic (exact) mass is 384 g/mol. The predicted molar refractivity (Wildman–Crippen MR) is 105 cm³/mol. The van der Waals surface area contributed by atoms with Crippen molar-refractivity contribution in [1.82, 2.24) is 9.97 Å². The number of nitrogens with one attached hydrogen (secondary N) is 2. The van der Waals surface area contributed by atoms with Crippen molar-refractivity contribution in [1.29, 1.82) is 0 Å². The summed E-state index contributed by atoms with van der Waals surface area (Å²) in [5, 5.41) is 6.17. The van der Waals surface area contributed by atoms with Gasteiger partial charge in [0.25, 0.3) is 5.91 Å². The van der Waals surface area contributed by atoms with E-state index in [9.17, 15) is 9.18 Å². The molecule has 3 rings (SSSR count). The summed E-state index contributed by atoms with van der Waals surface area (Å²) in [5.74, 6) is -0.485. The van der Waals surface area contributed by atoms with Crippen molar-refractivity contribution >= 4 is 29.1 Å². The number of nitrogens with zero attached hydrogens (tertiary/aromatic N) is 2. The summed E-state index contributed by atoms with van der Waals surface area (Å²) < 4.78 is 13.7. The molecule has 7 heteroatoms. The van der Waals surface area contributed by atoms with Gasteiger partial charge in [-0.05, 0) is 43.2 Å². The lowest BCUT2D eigenvalue weighted by Gasteiger charge is -2.12. The number of hydrogen-bond acceptors (Lipinski definition) is 4. The van der Waals surface area contributed by atoms with Gasteiger partial charge in [0.05, 0.1) is 10.7 Å². The molecule has 2 N–H and O–H groups in total. The Kier molecular flexibility index (Phi) is 5.66. The highest BCUT2D eigenvalue weighted by Crippen LogP contribution is 2.27. The number of aromatic nitrogens is 2. The molecule has 0 radical (unpaired) electrons. The van der Waals surface area contributed by atoms with Gasteiger partial charge in [0.15, 0.2) is 0 Å². The van der Waals surface area contributed by atoms with Gasteiger partial charge in [-0.15, -0.1) is 0 Å². The molecule has 1 amide bonds. The lowest BCUT2D eigenvalue weighted by atomic mass is 10.1. The van der Waals surface area contributed by atoms with Crippen LogP contribution in [-0.4, -0.2) is 15.9 Å². The molecule has 2 aromatic carbocycles. The van der Waals surface area contributed by atoms with E-state index in [-0.39, 0.29) is 24.0 Å². The van der Waals surface area contributed by atoms with Crippen LogP contribution in [0.25, 0.3) is 0 Å². The quantitative estimate of drug-likeness (QED) is 0.666. The molecule has 1 heterocycles. The summed E-state index contributed by atoms with van der Waals surface area (Å²) in [4.78, 5) is 20.8. The molecular formula is C20H18ClFN4O. The fourth-order valence-corrected chi connectivity index (χ4v) is 3.01. The van der Waals surface area contributed by atoms with Crippen LogP contribution in [0.15, 0.2) is 48.7 Å². The van der Waals surface area contributed by atoms with Crippen molar-refractivity contribution in [2.75, 3.05) is 10.6 Å². The van der Waals surface area contributed by atoms with Crippen molar-refractivity contribution in [3.8, 4) is 0 Å². The third-order valence-corrected chi connectivity index (χ3v) is 4.25. The number of hydrogen-bond donors (Lipinski definition) is 2. The minimum Gasteiger partial charge on any atom is -0.350 e. The zero-order chi connectivity index (χ0) is 19.4. The Morgan fingerprint density at radius 1 is 1.19 bits per heavy atom. The van der Waals surface area contributed by atoms with Crippen molar-refractivity contribution in [2.24, 2.45) is 0 Å². The van der Waals surface area contributed by atoms with Crippen LogP contribution in [0.3, 0.4) is 0 Å². The van der Waals surface area contributed by atoms with Gasteiger partial charge in [-0.1, -0.05) is 35.9 Å². The molecule has 0 saturated carbocycles. The molecule has 0 fully saturated rings. The standard InChI is InChI=1S/C20H18ClFN4O/c1-12-9-13(2)18(15(21)10-12)26-19(27)17-7-8-23-20(25-17)24-11-14-5-3-4-6-16(14)22/h3-10H,11H2,1-2H3,(H,26,27)(H,23,24,25). The molecule has 5 nitrogen and oxygen atoms in total. The first kappa shape index (κ1) is 18.8. The molecular weight excluding hydrogens is 367 g/mol. The Morgan fingerprint density at radius 3 is 2.70 bits per heavy atom. The number of aryl methyl sites for hydroxylation is 2. The van der Waals surface area contributed by atoms with E-state index < -0.39 is 5.91 Å². The smallest absolute Gasteiger partial charge is 0.274 e. The van der Waals surface area contributed by atoms with Crippen LogP contribution in [0.1, 0.15) is 27.2 Å². The fourth-order valence-electron chi connectivity index (χ4n) is 2.64. The van der Waals surface area contributed by atoms with Crippen LogP contribution >= 0.6 is 11.6 Å². The average molecular weight is 385 g/mol. The number of carbonyl (C=O) groups excluding carboxylic acids is 1. The van der Waals surface area contributed by atoms with Gasteiger partial charge in [0, 0.05) is 18.3 Å². The van der Waals surface area contributed by atoms with E-state index in [2.05, 4.69) is 20.6 Å². The number of halogens is 2. The van der Waals surface area contributed by atoms with Crippen LogP contribution in [0.2, 0.25) is 5.02 Å². The first-order valence-electron chi connectivity index (χ1n) is 8.32. The normalized spacial score (nSPS) is 10.5. The zero-order valence-electron chi connectivity index (χ0n) is 14.9. The highest BCUT2D eigenvalue weighted by atomic mass is 35.5. The maximum absolute atomic E-state index is 13.7. The highest BCUT2D eigenvalue weighted by molar-refractivity contribution is 6.34. The molecule has 0 spiro atoms. The van der Waals surface area contributed by atoms with Gasteiger partial charge in [0.2, 0.25) is 5.95 Å². The summed E-state index contributed by atoms with van der Waals surface area (Å²) in [6.45, 7) is 4.01. The van der Waals surface area contributed by atoms with E-state index >= 15 is 0 Å². The lowest BCUT2D eigenvalue weighted by Crippen LogP contribution is -2.16. The average Bonchev–Trinajstić information content (AvgIpc) is 2.64. The number of anilines is 2.